The highest BCUT2D eigenvalue weighted by atomic mass is 16.5. The fourth-order valence-corrected chi connectivity index (χ4v) is 3.19. The van der Waals surface area contributed by atoms with Crippen LogP contribution in [-0.2, 0) is 4.74 Å². The van der Waals surface area contributed by atoms with Crippen molar-refractivity contribution in [3.63, 3.8) is 0 Å². The summed E-state index contributed by atoms with van der Waals surface area (Å²) >= 11 is 0. The Labute approximate surface area is 106 Å². The maximum absolute atomic E-state index is 5.68. The summed E-state index contributed by atoms with van der Waals surface area (Å²) in [4.78, 5) is 2.66. The van der Waals surface area contributed by atoms with Crippen molar-refractivity contribution in [2.45, 2.75) is 51.6 Å². The first-order valence-corrected chi connectivity index (χ1v) is 7.11. The SMILES string of the molecule is CNC1CCOCC1N1CCCC(C)(C)CC1. The molecule has 2 rings (SSSR count). The molecule has 2 aliphatic rings. The summed E-state index contributed by atoms with van der Waals surface area (Å²) in [5, 5.41) is 3.47. The van der Waals surface area contributed by atoms with E-state index in [4.69, 9.17) is 4.74 Å². The lowest BCUT2D eigenvalue weighted by molar-refractivity contribution is -0.00114. The molecule has 0 amide bonds. The summed E-state index contributed by atoms with van der Waals surface area (Å²) in [5.41, 5.74) is 0.527. The molecule has 0 aromatic rings. The largest absolute Gasteiger partial charge is 0.380 e. The quantitative estimate of drug-likeness (QED) is 0.797. The average molecular weight is 240 g/mol. The Bertz CT molecular complexity index is 242. The van der Waals surface area contributed by atoms with Crippen LogP contribution in [0.1, 0.15) is 39.5 Å². The summed E-state index contributed by atoms with van der Waals surface area (Å²) in [6, 6.07) is 1.20. The Kier molecular flexibility index (Phi) is 4.45. The van der Waals surface area contributed by atoms with Crippen LogP contribution >= 0.6 is 0 Å². The molecular formula is C14H28N2O. The summed E-state index contributed by atoms with van der Waals surface area (Å²) < 4.78 is 5.68. The highest BCUT2D eigenvalue weighted by molar-refractivity contribution is 4.89. The van der Waals surface area contributed by atoms with Gasteiger partial charge in [0.05, 0.1) is 6.61 Å². The number of nitrogens with zero attached hydrogens (tertiary/aromatic N) is 1. The predicted molar refractivity (Wildman–Crippen MR) is 71.3 cm³/mol. The van der Waals surface area contributed by atoms with Crippen LogP contribution in [0.3, 0.4) is 0 Å². The van der Waals surface area contributed by atoms with E-state index in [1.807, 2.05) is 0 Å². The van der Waals surface area contributed by atoms with Crippen molar-refractivity contribution in [3.8, 4) is 0 Å². The van der Waals surface area contributed by atoms with E-state index in [2.05, 4.69) is 31.1 Å². The van der Waals surface area contributed by atoms with Crippen LogP contribution in [0, 0.1) is 5.41 Å². The molecule has 2 atom stereocenters. The Hall–Kier alpha value is -0.120. The topological polar surface area (TPSA) is 24.5 Å². The van der Waals surface area contributed by atoms with Crippen LogP contribution in [0.2, 0.25) is 0 Å². The number of nitrogens with one attached hydrogen (secondary N) is 1. The molecule has 17 heavy (non-hydrogen) atoms. The summed E-state index contributed by atoms with van der Waals surface area (Å²) in [5.74, 6) is 0. The fraction of sp³-hybridized carbons (Fsp3) is 1.00. The lowest BCUT2D eigenvalue weighted by Gasteiger charge is -2.39. The predicted octanol–water partition coefficient (Wildman–Crippen LogP) is 1.88. The van der Waals surface area contributed by atoms with Gasteiger partial charge in [0.25, 0.3) is 0 Å². The Morgan fingerprint density at radius 1 is 1.24 bits per heavy atom. The molecule has 2 aliphatic heterocycles. The molecule has 2 fully saturated rings. The van der Waals surface area contributed by atoms with Crippen molar-refractivity contribution in [2.75, 3.05) is 33.4 Å². The number of ether oxygens (including phenoxy) is 1. The first-order valence-electron chi connectivity index (χ1n) is 7.11. The summed E-state index contributed by atoms with van der Waals surface area (Å²) in [6.45, 7) is 9.12. The zero-order chi connectivity index (χ0) is 12.3. The molecule has 3 nitrogen and oxygen atoms in total. The van der Waals surface area contributed by atoms with Crippen molar-refractivity contribution < 1.29 is 4.74 Å². The van der Waals surface area contributed by atoms with Crippen LogP contribution in [-0.4, -0.2) is 50.3 Å². The average Bonchev–Trinajstić information content (AvgIpc) is 2.50. The van der Waals surface area contributed by atoms with Gasteiger partial charge in [-0.3, -0.25) is 4.90 Å². The number of hydrogen-bond donors (Lipinski definition) is 1. The van der Waals surface area contributed by atoms with Crippen molar-refractivity contribution >= 4 is 0 Å². The van der Waals surface area contributed by atoms with Gasteiger partial charge in [-0.15, -0.1) is 0 Å². The summed E-state index contributed by atoms with van der Waals surface area (Å²) in [6.07, 6.45) is 5.17. The zero-order valence-electron chi connectivity index (χ0n) is 11.7. The minimum atomic E-state index is 0.527. The molecule has 0 spiro atoms. The van der Waals surface area contributed by atoms with Crippen LogP contribution in [0.5, 0.6) is 0 Å². The van der Waals surface area contributed by atoms with Crippen LogP contribution in [0.15, 0.2) is 0 Å². The minimum absolute atomic E-state index is 0.527. The second-order valence-electron chi connectivity index (χ2n) is 6.38. The van der Waals surface area contributed by atoms with Gasteiger partial charge >= 0.3 is 0 Å². The third-order valence-corrected chi connectivity index (χ3v) is 4.54. The Morgan fingerprint density at radius 2 is 2.06 bits per heavy atom. The van der Waals surface area contributed by atoms with Crippen LogP contribution in [0.4, 0.5) is 0 Å². The molecule has 0 radical (unpaired) electrons. The monoisotopic (exact) mass is 240 g/mol. The lowest BCUT2D eigenvalue weighted by Crippen LogP contribution is -2.54. The van der Waals surface area contributed by atoms with Gasteiger partial charge in [0, 0.05) is 18.7 Å². The molecular weight excluding hydrogens is 212 g/mol. The van der Waals surface area contributed by atoms with Gasteiger partial charge in [0.1, 0.15) is 0 Å². The third kappa shape index (κ3) is 3.43. The highest BCUT2D eigenvalue weighted by Crippen LogP contribution is 2.31. The van der Waals surface area contributed by atoms with E-state index in [-0.39, 0.29) is 0 Å². The van der Waals surface area contributed by atoms with Gasteiger partial charge < -0.3 is 10.1 Å². The molecule has 0 aliphatic carbocycles. The molecule has 100 valence electrons. The number of hydrogen-bond acceptors (Lipinski definition) is 3. The highest BCUT2D eigenvalue weighted by Gasteiger charge is 2.32. The molecule has 0 aromatic heterocycles. The first-order chi connectivity index (χ1) is 8.12. The van der Waals surface area contributed by atoms with Gasteiger partial charge in [-0.1, -0.05) is 13.8 Å². The molecule has 2 saturated heterocycles. The number of likely N-dealkylation sites (tertiary alicyclic amines) is 1. The normalized spacial score (nSPS) is 35.5. The minimum Gasteiger partial charge on any atom is -0.380 e. The standard InChI is InChI=1S/C14H28N2O/c1-14(2)6-4-8-16(9-7-14)13-11-17-10-5-12(13)15-3/h12-13,15H,4-11H2,1-3H3. The molecule has 2 unspecified atom stereocenters. The lowest BCUT2D eigenvalue weighted by atomic mass is 9.85. The third-order valence-electron chi connectivity index (χ3n) is 4.54. The molecule has 3 heteroatoms. The van der Waals surface area contributed by atoms with Crippen LogP contribution < -0.4 is 5.32 Å². The molecule has 1 N–H and O–H groups in total. The second kappa shape index (κ2) is 5.68. The smallest absolute Gasteiger partial charge is 0.0637 e. The van der Waals surface area contributed by atoms with E-state index in [9.17, 15) is 0 Å². The molecule has 2 heterocycles. The fourth-order valence-electron chi connectivity index (χ4n) is 3.19. The van der Waals surface area contributed by atoms with E-state index in [0.717, 1.165) is 19.6 Å². The zero-order valence-corrected chi connectivity index (χ0v) is 11.7. The second-order valence-corrected chi connectivity index (χ2v) is 6.38. The number of likely N-dealkylation sites (N-methyl/N-ethyl adjacent to an activating group) is 1. The molecule has 0 saturated carbocycles. The van der Waals surface area contributed by atoms with Crippen LogP contribution in [0.25, 0.3) is 0 Å². The van der Waals surface area contributed by atoms with E-state index in [1.54, 1.807) is 0 Å². The van der Waals surface area contributed by atoms with E-state index < -0.39 is 0 Å². The maximum Gasteiger partial charge on any atom is 0.0637 e. The first kappa shape index (κ1) is 13.3. The molecule has 0 aromatic carbocycles. The van der Waals surface area contributed by atoms with Gasteiger partial charge in [0.15, 0.2) is 0 Å². The van der Waals surface area contributed by atoms with Gasteiger partial charge in [-0.2, -0.15) is 0 Å². The van der Waals surface area contributed by atoms with Gasteiger partial charge in [-0.25, -0.2) is 0 Å². The van der Waals surface area contributed by atoms with E-state index >= 15 is 0 Å². The van der Waals surface area contributed by atoms with Gasteiger partial charge in [0.2, 0.25) is 0 Å². The summed E-state index contributed by atoms with van der Waals surface area (Å²) in [7, 11) is 2.09. The van der Waals surface area contributed by atoms with Gasteiger partial charge in [-0.05, 0) is 51.2 Å². The molecule has 0 bridgehead atoms. The Balaban J connectivity index is 1.96. The van der Waals surface area contributed by atoms with E-state index in [1.165, 1.54) is 32.4 Å². The van der Waals surface area contributed by atoms with Crippen molar-refractivity contribution in [1.29, 1.82) is 0 Å². The number of rotatable bonds is 2. The Morgan fingerprint density at radius 3 is 2.82 bits per heavy atom. The maximum atomic E-state index is 5.68. The van der Waals surface area contributed by atoms with Crippen molar-refractivity contribution in [1.82, 2.24) is 10.2 Å². The van der Waals surface area contributed by atoms with Crippen molar-refractivity contribution in [2.24, 2.45) is 5.41 Å². The van der Waals surface area contributed by atoms with E-state index in [0.29, 0.717) is 17.5 Å². The van der Waals surface area contributed by atoms with Crippen molar-refractivity contribution in [3.05, 3.63) is 0 Å².